The summed E-state index contributed by atoms with van der Waals surface area (Å²) in [5.41, 5.74) is 9.93. The standard InChI is InChI=1S/C62H70N6O10S/c1-5-6-7-8-13-23-75-24-22-65(37-41(3)79-25-14-19-60(71)78-68-58(69)20-21-59(68)70)46-28-42(38-76-55-33-51-49(26-40(55)2)61(72)66-47(35-63-51)30-44-15-9-11-17-53(44)66)27-43(29-46)39-77-57-34-52-50(32-56(57)74-4)62(73)67-48(36-64-52)31-45-16-10-12-18-54(45)67/h9-12,15-18,26-29,32-35,41,47-48,64H,5-8,13-14,19-25,30-31,36-39H2,1-4H3/t41-,47-,48-/m0/s1. The number of thioether (sulfide) groups is 1. The summed E-state index contributed by atoms with van der Waals surface area (Å²) in [5, 5.41) is 4.26. The number of unbranched alkanes of at least 4 members (excludes halogenated alkanes) is 4. The Bertz CT molecular complexity index is 3110. The van der Waals surface area contributed by atoms with Gasteiger partial charge in [0.15, 0.2) is 11.5 Å². The van der Waals surface area contributed by atoms with Crippen LogP contribution in [-0.2, 0) is 50.0 Å². The molecule has 17 heteroatoms. The number of nitrogens with zero attached hydrogens (tertiary/aromatic N) is 5. The second-order valence-electron chi connectivity index (χ2n) is 21.0. The number of nitrogens with one attached hydrogen (secondary N) is 1. The van der Waals surface area contributed by atoms with Crippen molar-refractivity contribution in [2.24, 2.45) is 4.99 Å². The quantitative estimate of drug-likeness (QED) is 0.0433. The van der Waals surface area contributed by atoms with Crippen molar-refractivity contribution in [3.63, 3.8) is 0 Å². The number of aliphatic imine (C=N–C) groups is 1. The molecule has 0 spiro atoms. The number of aryl methyl sites for hydroxylation is 1. The Hall–Kier alpha value is -7.37. The number of benzene rings is 5. The van der Waals surface area contributed by atoms with Gasteiger partial charge in [0.2, 0.25) is 0 Å². The number of anilines is 4. The molecule has 5 aliphatic heterocycles. The third kappa shape index (κ3) is 12.6. The third-order valence-electron chi connectivity index (χ3n) is 15.2. The van der Waals surface area contributed by atoms with Crippen LogP contribution in [0, 0.1) is 6.92 Å². The Balaban J connectivity index is 0.897. The molecule has 414 valence electrons. The zero-order valence-corrected chi connectivity index (χ0v) is 46.4. The number of carbonyl (C=O) groups is 5. The Kier molecular flexibility index (Phi) is 17.5. The Morgan fingerprint density at radius 1 is 0.772 bits per heavy atom. The lowest BCUT2D eigenvalue weighted by molar-refractivity contribution is -0.197. The summed E-state index contributed by atoms with van der Waals surface area (Å²) in [7, 11) is 1.58. The van der Waals surface area contributed by atoms with Crippen molar-refractivity contribution in [2.75, 3.05) is 65.7 Å². The molecular formula is C62H70N6O10S. The van der Waals surface area contributed by atoms with Crippen LogP contribution in [0.1, 0.15) is 120 Å². The van der Waals surface area contributed by atoms with Crippen molar-refractivity contribution in [2.45, 2.75) is 122 Å². The summed E-state index contributed by atoms with van der Waals surface area (Å²) in [6.07, 6.45) is 9.74. The highest BCUT2D eigenvalue weighted by Gasteiger charge is 2.39. The Morgan fingerprint density at radius 3 is 2.22 bits per heavy atom. The van der Waals surface area contributed by atoms with Crippen LogP contribution < -0.4 is 34.2 Å². The van der Waals surface area contributed by atoms with Gasteiger partial charge in [-0.15, -0.1) is 5.06 Å². The molecule has 0 saturated carbocycles. The van der Waals surface area contributed by atoms with Crippen molar-refractivity contribution >= 4 is 76.0 Å². The molecule has 5 aromatic rings. The smallest absolute Gasteiger partial charge is 0.333 e. The Morgan fingerprint density at radius 2 is 1.47 bits per heavy atom. The maximum absolute atomic E-state index is 14.3. The van der Waals surface area contributed by atoms with Crippen molar-refractivity contribution in [3.8, 4) is 17.2 Å². The SMILES string of the molecule is CCCCCCCOCCN(C[C@H](C)SCCCC(=O)ON1C(=O)CCC1=O)c1cc(COc2cc3c(cc2C)C(=O)N2c4ccccc4C[C@H]2C=N3)cc(COc2cc3c(cc2OC)C(=O)N2c4ccccc4C[C@H]2CN3)c1. The first kappa shape index (κ1) is 55.0. The van der Waals surface area contributed by atoms with E-state index in [4.69, 9.17) is 28.8 Å². The summed E-state index contributed by atoms with van der Waals surface area (Å²) < 4.78 is 25.6. The molecule has 4 amide bonds. The van der Waals surface area contributed by atoms with Gasteiger partial charge in [-0.3, -0.25) is 29.1 Å². The lowest BCUT2D eigenvalue weighted by Gasteiger charge is -2.29. The number of hydrogen-bond donors (Lipinski definition) is 1. The molecule has 0 bridgehead atoms. The first-order chi connectivity index (χ1) is 38.5. The van der Waals surface area contributed by atoms with Crippen molar-refractivity contribution in [1.29, 1.82) is 0 Å². The van der Waals surface area contributed by atoms with Gasteiger partial charge >= 0.3 is 5.97 Å². The number of imide groups is 1. The molecule has 1 N–H and O–H groups in total. The zero-order valence-electron chi connectivity index (χ0n) is 45.6. The largest absolute Gasteiger partial charge is 0.493 e. The lowest BCUT2D eigenvalue weighted by Crippen LogP contribution is -2.39. The summed E-state index contributed by atoms with van der Waals surface area (Å²) in [5.74, 6) is 0.438. The van der Waals surface area contributed by atoms with E-state index in [2.05, 4.69) is 54.4 Å². The predicted molar refractivity (Wildman–Crippen MR) is 308 cm³/mol. The van der Waals surface area contributed by atoms with Crippen LogP contribution in [0.25, 0.3) is 0 Å². The van der Waals surface area contributed by atoms with E-state index in [1.165, 1.54) is 19.3 Å². The molecule has 3 atom stereocenters. The molecule has 5 aliphatic rings. The average Bonchev–Trinajstić information content (AvgIpc) is 4.13. The number of fused-ring (bicyclic) bond motifs is 8. The van der Waals surface area contributed by atoms with E-state index in [1.54, 1.807) is 24.9 Å². The highest BCUT2D eigenvalue weighted by atomic mass is 32.2. The van der Waals surface area contributed by atoms with Gasteiger partial charge in [0, 0.05) is 92.6 Å². The van der Waals surface area contributed by atoms with Crippen molar-refractivity contribution in [3.05, 3.63) is 130 Å². The highest BCUT2D eigenvalue weighted by molar-refractivity contribution is 7.99. The second kappa shape index (κ2) is 25.2. The third-order valence-corrected chi connectivity index (χ3v) is 16.4. The van der Waals surface area contributed by atoms with E-state index in [1.807, 2.05) is 77.5 Å². The van der Waals surface area contributed by atoms with E-state index >= 15 is 0 Å². The van der Waals surface area contributed by atoms with Crippen LogP contribution in [0.4, 0.5) is 28.4 Å². The van der Waals surface area contributed by atoms with Crippen LogP contribution in [0.5, 0.6) is 17.2 Å². The van der Waals surface area contributed by atoms with Crippen LogP contribution in [0.15, 0.2) is 96.0 Å². The minimum atomic E-state index is -0.604. The Labute approximate surface area is 466 Å². The fourth-order valence-corrected chi connectivity index (χ4v) is 12.1. The first-order valence-electron chi connectivity index (χ1n) is 27.8. The van der Waals surface area contributed by atoms with Gasteiger partial charge in [0.05, 0.1) is 48.3 Å². The summed E-state index contributed by atoms with van der Waals surface area (Å²) in [4.78, 5) is 81.1. The number of hydrogen-bond acceptors (Lipinski definition) is 14. The molecular weight excluding hydrogens is 1020 g/mol. The molecule has 1 saturated heterocycles. The molecule has 0 aliphatic carbocycles. The van der Waals surface area contributed by atoms with Gasteiger partial charge < -0.3 is 38.9 Å². The number of amides is 4. The van der Waals surface area contributed by atoms with Gasteiger partial charge in [0.1, 0.15) is 19.0 Å². The zero-order chi connectivity index (χ0) is 55.0. The average molecular weight is 1090 g/mol. The summed E-state index contributed by atoms with van der Waals surface area (Å²) in [6, 6.07) is 29.6. The van der Waals surface area contributed by atoms with E-state index in [0.29, 0.717) is 96.3 Å². The number of para-hydroxylation sites is 2. The lowest BCUT2D eigenvalue weighted by atomic mass is 10.1. The fraction of sp³-hybridized carbons (Fsp3) is 0.419. The van der Waals surface area contributed by atoms with E-state index < -0.39 is 17.8 Å². The molecule has 0 radical (unpaired) electrons. The molecule has 0 aromatic heterocycles. The van der Waals surface area contributed by atoms with Gasteiger partial charge in [-0.25, -0.2) is 4.79 Å². The highest BCUT2D eigenvalue weighted by Crippen LogP contribution is 2.42. The first-order valence-corrected chi connectivity index (χ1v) is 28.9. The van der Waals surface area contributed by atoms with Gasteiger partial charge in [-0.05, 0) is 102 Å². The fourth-order valence-electron chi connectivity index (χ4n) is 11.1. The molecule has 5 heterocycles. The number of carbonyl (C=O) groups excluding carboxylic acids is 5. The number of methoxy groups -OCH3 is 1. The van der Waals surface area contributed by atoms with Crippen LogP contribution in [-0.4, -0.2) is 104 Å². The topological polar surface area (TPSA) is 169 Å². The van der Waals surface area contributed by atoms with E-state index in [9.17, 15) is 24.0 Å². The molecule has 0 unspecified atom stereocenters. The molecule has 10 rings (SSSR count). The minimum Gasteiger partial charge on any atom is -0.493 e. The van der Waals surface area contributed by atoms with Crippen molar-refractivity contribution in [1.82, 2.24) is 5.06 Å². The number of hydroxylamine groups is 2. The van der Waals surface area contributed by atoms with Crippen LogP contribution in [0.2, 0.25) is 0 Å². The molecule has 16 nitrogen and oxygen atoms in total. The summed E-state index contributed by atoms with van der Waals surface area (Å²) >= 11 is 1.73. The van der Waals surface area contributed by atoms with E-state index in [-0.39, 0.29) is 61.6 Å². The van der Waals surface area contributed by atoms with Gasteiger partial charge in [0.25, 0.3) is 23.6 Å². The minimum absolute atomic E-state index is 0.0264. The molecule has 1 fully saturated rings. The monoisotopic (exact) mass is 1090 g/mol. The van der Waals surface area contributed by atoms with Crippen LogP contribution in [0.3, 0.4) is 0 Å². The molecule has 5 aromatic carbocycles. The maximum Gasteiger partial charge on any atom is 0.333 e. The number of ether oxygens (including phenoxy) is 4. The number of rotatable bonds is 25. The summed E-state index contributed by atoms with van der Waals surface area (Å²) in [6.45, 7) is 9.71. The maximum atomic E-state index is 14.3. The predicted octanol–water partition coefficient (Wildman–Crippen LogP) is 10.7. The van der Waals surface area contributed by atoms with E-state index in [0.717, 1.165) is 64.1 Å². The second-order valence-corrected chi connectivity index (χ2v) is 22.5. The normalized spacial score (nSPS) is 17.2. The van der Waals surface area contributed by atoms with Crippen LogP contribution >= 0.6 is 11.8 Å². The molecule has 79 heavy (non-hydrogen) atoms. The van der Waals surface area contributed by atoms with Gasteiger partial charge in [-0.2, -0.15) is 11.8 Å². The van der Waals surface area contributed by atoms with Gasteiger partial charge in [-0.1, -0.05) is 75.9 Å². The van der Waals surface area contributed by atoms with Crippen molar-refractivity contribution < 1.29 is 47.8 Å².